The van der Waals surface area contributed by atoms with Gasteiger partial charge in [-0.15, -0.1) is 0 Å². The van der Waals surface area contributed by atoms with Gasteiger partial charge in [0.25, 0.3) is 0 Å². The Kier molecular flexibility index (Phi) is 6.51. The van der Waals surface area contributed by atoms with Gasteiger partial charge in [0.1, 0.15) is 5.82 Å². The first-order valence-corrected chi connectivity index (χ1v) is 9.96. The number of carbonyl (C=O) groups excluding carboxylic acids is 1. The third kappa shape index (κ3) is 5.08. The van der Waals surface area contributed by atoms with Crippen molar-refractivity contribution in [1.29, 1.82) is 0 Å². The van der Waals surface area contributed by atoms with Crippen LogP contribution in [0.2, 0.25) is 0 Å². The maximum atomic E-state index is 14.0. The Labute approximate surface area is 153 Å². The van der Waals surface area contributed by atoms with Crippen LogP contribution in [-0.2, 0) is 11.2 Å². The van der Waals surface area contributed by atoms with Crippen LogP contribution in [0.1, 0.15) is 35.6 Å². The Balaban J connectivity index is 1.49. The largest absolute Gasteiger partial charge is 0.342 e. The second kappa shape index (κ2) is 9.04. The van der Waals surface area contributed by atoms with Crippen LogP contribution in [-0.4, -0.2) is 29.6 Å². The molecule has 1 unspecified atom stereocenters. The average Bonchev–Trinajstić information content (AvgIpc) is 2.89. The van der Waals surface area contributed by atoms with Gasteiger partial charge >= 0.3 is 0 Å². The summed E-state index contributed by atoms with van der Waals surface area (Å²) in [5, 5.41) is 0.142. The van der Waals surface area contributed by atoms with Crippen molar-refractivity contribution in [2.45, 2.75) is 30.9 Å². The van der Waals surface area contributed by atoms with E-state index in [2.05, 4.69) is 12.1 Å². The molecule has 0 N–H and O–H groups in total. The zero-order valence-electron chi connectivity index (χ0n) is 14.4. The maximum absolute atomic E-state index is 14.0. The van der Waals surface area contributed by atoms with E-state index >= 15 is 0 Å². The van der Waals surface area contributed by atoms with Crippen LogP contribution >= 0.6 is 11.8 Å². The number of aryl methyl sites for hydroxylation is 1. The van der Waals surface area contributed by atoms with E-state index in [1.807, 2.05) is 35.2 Å². The van der Waals surface area contributed by atoms with Gasteiger partial charge in [0.05, 0.1) is 0 Å². The fourth-order valence-corrected chi connectivity index (χ4v) is 4.50. The molecule has 1 amide bonds. The summed E-state index contributed by atoms with van der Waals surface area (Å²) >= 11 is 1.76. The summed E-state index contributed by atoms with van der Waals surface area (Å²) in [5.74, 6) is 0.956. The molecule has 0 bridgehead atoms. The highest BCUT2D eigenvalue weighted by atomic mass is 32.2. The van der Waals surface area contributed by atoms with E-state index in [1.54, 1.807) is 17.8 Å². The van der Waals surface area contributed by atoms with Crippen molar-refractivity contribution >= 4 is 17.7 Å². The molecule has 1 saturated heterocycles. The van der Waals surface area contributed by atoms with Crippen molar-refractivity contribution in [3.63, 3.8) is 0 Å². The molecule has 1 heterocycles. The molecule has 3 rings (SSSR count). The van der Waals surface area contributed by atoms with Crippen LogP contribution in [0.3, 0.4) is 0 Å². The van der Waals surface area contributed by atoms with Gasteiger partial charge in [0.2, 0.25) is 5.91 Å². The Morgan fingerprint density at radius 1 is 1.08 bits per heavy atom. The molecule has 0 saturated carbocycles. The molecule has 0 aromatic heterocycles. The van der Waals surface area contributed by atoms with Gasteiger partial charge in [-0.05, 0) is 30.9 Å². The first-order chi connectivity index (χ1) is 12.2. The topological polar surface area (TPSA) is 20.3 Å². The normalized spacial score (nSPS) is 18.0. The molecule has 0 radical (unpaired) electrons. The van der Waals surface area contributed by atoms with E-state index in [0.29, 0.717) is 6.42 Å². The van der Waals surface area contributed by atoms with Crippen LogP contribution in [0.5, 0.6) is 0 Å². The fraction of sp³-hybridized carbons (Fsp3) is 0.381. The molecule has 4 heteroatoms. The Bertz CT molecular complexity index is 691. The second-order valence-corrected chi connectivity index (χ2v) is 7.70. The molecular weight excluding hydrogens is 333 g/mol. The highest BCUT2D eigenvalue weighted by molar-refractivity contribution is 7.99. The number of hydrogen-bond donors (Lipinski definition) is 0. The van der Waals surface area contributed by atoms with Gasteiger partial charge in [-0.3, -0.25) is 4.79 Å². The van der Waals surface area contributed by atoms with Crippen molar-refractivity contribution in [2.75, 3.05) is 18.8 Å². The molecular formula is C21H24FNOS. The zero-order chi connectivity index (χ0) is 17.5. The quantitative estimate of drug-likeness (QED) is 0.762. The molecule has 2 nitrogen and oxygen atoms in total. The van der Waals surface area contributed by atoms with Crippen molar-refractivity contribution in [3.05, 3.63) is 71.5 Å². The van der Waals surface area contributed by atoms with Crippen LogP contribution in [0.4, 0.5) is 4.39 Å². The fourth-order valence-electron chi connectivity index (χ4n) is 3.25. The number of hydrogen-bond acceptors (Lipinski definition) is 2. The summed E-state index contributed by atoms with van der Waals surface area (Å²) in [4.78, 5) is 14.5. The third-order valence-corrected chi connectivity index (χ3v) is 5.96. The number of halogens is 1. The molecule has 2 aromatic carbocycles. The minimum absolute atomic E-state index is 0.136. The van der Waals surface area contributed by atoms with E-state index < -0.39 is 0 Å². The van der Waals surface area contributed by atoms with Gasteiger partial charge in [-0.25, -0.2) is 4.39 Å². The Morgan fingerprint density at radius 2 is 1.84 bits per heavy atom. The molecule has 1 aliphatic rings. The first-order valence-electron chi connectivity index (χ1n) is 8.92. The van der Waals surface area contributed by atoms with Crippen LogP contribution in [0.25, 0.3) is 0 Å². The van der Waals surface area contributed by atoms with Crippen molar-refractivity contribution in [3.8, 4) is 0 Å². The molecule has 0 spiro atoms. The predicted octanol–water partition coefficient (Wildman–Crippen LogP) is 4.86. The van der Waals surface area contributed by atoms with E-state index in [-0.39, 0.29) is 17.0 Å². The second-order valence-electron chi connectivity index (χ2n) is 6.39. The van der Waals surface area contributed by atoms with Gasteiger partial charge in [0.15, 0.2) is 0 Å². The third-order valence-electron chi connectivity index (χ3n) is 4.65. The van der Waals surface area contributed by atoms with E-state index in [9.17, 15) is 9.18 Å². The Morgan fingerprint density at radius 3 is 2.64 bits per heavy atom. The van der Waals surface area contributed by atoms with Crippen LogP contribution in [0.15, 0.2) is 54.6 Å². The van der Waals surface area contributed by atoms with Gasteiger partial charge < -0.3 is 4.90 Å². The number of thioether (sulfide) groups is 1. The molecule has 1 fully saturated rings. The van der Waals surface area contributed by atoms with Crippen LogP contribution < -0.4 is 0 Å². The molecule has 2 aromatic rings. The summed E-state index contributed by atoms with van der Waals surface area (Å²) in [6, 6.07) is 17.3. The lowest BCUT2D eigenvalue weighted by Crippen LogP contribution is -2.32. The SMILES string of the molecule is O=C(CCCc1ccccc1)N1CCSC(c2ccccc2F)CC1. The first kappa shape index (κ1) is 18.0. The van der Waals surface area contributed by atoms with Gasteiger partial charge in [-0.2, -0.15) is 11.8 Å². The monoisotopic (exact) mass is 357 g/mol. The molecule has 132 valence electrons. The van der Waals surface area contributed by atoms with Gasteiger partial charge in [-0.1, -0.05) is 48.5 Å². The van der Waals surface area contributed by atoms with Crippen LogP contribution in [0, 0.1) is 5.82 Å². The van der Waals surface area contributed by atoms with E-state index in [0.717, 1.165) is 43.7 Å². The minimum atomic E-state index is -0.136. The van der Waals surface area contributed by atoms with E-state index in [4.69, 9.17) is 0 Å². The number of rotatable bonds is 5. The number of nitrogens with zero attached hydrogens (tertiary/aromatic N) is 1. The highest BCUT2D eigenvalue weighted by Gasteiger charge is 2.23. The number of amides is 1. The van der Waals surface area contributed by atoms with Gasteiger partial charge in [0, 0.05) is 36.1 Å². The Hall–Kier alpha value is -1.81. The van der Waals surface area contributed by atoms with Crippen molar-refractivity contribution < 1.29 is 9.18 Å². The molecule has 1 aliphatic heterocycles. The lowest BCUT2D eigenvalue weighted by atomic mass is 10.1. The number of carbonyl (C=O) groups is 1. The summed E-state index contributed by atoms with van der Waals surface area (Å²) < 4.78 is 14.0. The summed E-state index contributed by atoms with van der Waals surface area (Å²) in [6.45, 7) is 1.48. The number of benzene rings is 2. The lowest BCUT2D eigenvalue weighted by Gasteiger charge is -2.20. The maximum Gasteiger partial charge on any atom is 0.222 e. The van der Waals surface area contributed by atoms with E-state index in [1.165, 1.54) is 11.6 Å². The minimum Gasteiger partial charge on any atom is -0.342 e. The lowest BCUT2D eigenvalue weighted by molar-refractivity contribution is -0.131. The zero-order valence-corrected chi connectivity index (χ0v) is 15.2. The summed E-state index contributed by atoms with van der Waals surface area (Å²) in [5.41, 5.74) is 2.05. The molecule has 25 heavy (non-hydrogen) atoms. The smallest absolute Gasteiger partial charge is 0.222 e. The van der Waals surface area contributed by atoms with Crippen molar-refractivity contribution in [1.82, 2.24) is 4.90 Å². The molecule has 1 atom stereocenters. The van der Waals surface area contributed by atoms with Crippen molar-refractivity contribution in [2.24, 2.45) is 0 Å². The summed E-state index contributed by atoms with van der Waals surface area (Å²) in [6.07, 6.45) is 3.22. The predicted molar refractivity (Wildman–Crippen MR) is 102 cm³/mol. The average molecular weight is 357 g/mol. The molecule has 0 aliphatic carbocycles. The summed E-state index contributed by atoms with van der Waals surface area (Å²) in [7, 11) is 0. The highest BCUT2D eigenvalue weighted by Crippen LogP contribution is 2.35. The standard InChI is InChI=1S/C21H24FNOS/c22-19-11-5-4-10-18(19)20-13-14-23(15-16-25-20)21(24)12-6-9-17-7-2-1-3-8-17/h1-5,7-8,10-11,20H,6,9,12-16H2.